The Kier molecular flexibility index (Phi) is 4.11. The van der Waals surface area contributed by atoms with Crippen molar-refractivity contribution in [2.75, 3.05) is 0 Å². The van der Waals surface area contributed by atoms with Crippen molar-refractivity contribution in [2.24, 2.45) is 5.92 Å². The molecule has 2 rings (SSSR count). The molecular formula is C14H19N3. The molecule has 1 aliphatic rings. The van der Waals surface area contributed by atoms with Gasteiger partial charge in [-0.1, -0.05) is 12.8 Å². The summed E-state index contributed by atoms with van der Waals surface area (Å²) in [5, 5.41) is 12.7. The second-order valence-corrected chi connectivity index (χ2v) is 4.80. The number of rotatable bonds is 3. The van der Waals surface area contributed by atoms with Crippen molar-refractivity contribution in [3.05, 3.63) is 30.1 Å². The first-order chi connectivity index (χ1) is 8.31. The minimum absolute atomic E-state index is 0.174. The Morgan fingerprint density at radius 2 is 2.06 bits per heavy atom. The molecule has 1 aromatic heterocycles. The van der Waals surface area contributed by atoms with Crippen molar-refractivity contribution in [2.45, 2.75) is 44.7 Å². The first kappa shape index (κ1) is 12.1. The van der Waals surface area contributed by atoms with Crippen LogP contribution in [0.15, 0.2) is 24.5 Å². The van der Waals surface area contributed by atoms with E-state index < -0.39 is 0 Å². The number of nitriles is 1. The molecule has 0 bridgehead atoms. The van der Waals surface area contributed by atoms with E-state index in [9.17, 15) is 0 Å². The Balaban J connectivity index is 1.98. The molecule has 1 heterocycles. The quantitative estimate of drug-likeness (QED) is 0.867. The molecule has 90 valence electrons. The topological polar surface area (TPSA) is 48.7 Å². The highest BCUT2D eigenvalue weighted by Crippen LogP contribution is 2.26. The van der Waals surface area contributed by atoms with Gasteiger partial charge in [0, 0.05) is 24.5 Å². The first-order valence-electron chi connectivity index (χ1n) is 6.37. The van der Waals surface area contributed by atoms with E-state index in [1.54, 1.807) is 0 Å². The number of aromatic nitrogens is 1. The van der Waals surface area contributed by atoms with E-state index in [4.69, 9.17) is 5.26 Å². The van der Waals surface area contributed by atoms with Gasteiger partial charge in [-0.15, -0.1) is 0 Å². The number of hydrogen-bond donors (Lipinski definition) is 1. The third-order valence-corrected chi connectivity index (χ3v) is 3.60. The lowest BCUT2D eigenvalue weighted by molar-refractivity contribution is 0.292. The van der Waals surface area contributed by atoms with Crippen molar-refractivity contribution < 1.29 is 0 Å². The highest BCUT2D eigenvalue weighted by atomic mass is 15.0. The first-order valence-corrected chi connectivity index (χ1v) is 6.37. The number of nitrogens with zero attached hydrogens (tertiary/aromatic N) is 2. The van der Waals surface area contributed by atoms with Crippen molar-refractivity contribution in [1.29, 1.82) is 5.26 Å². The summed E-state index contributed by atoms with van der Waals surface area (Å²) in [6, 6.07) is 7.13. The van der Waals surface area contributed by atoms with Gasteiger partial charge in [0.1, 0.15) is 0 Å². The van der Waals surface area contributed by atoms with Crippen LogP contribution in [0.1, 0.15) is 44.2 Å². The summed E-state index contributed by atoms with van der Waals surface area (Å²) in [4.78, 5) is 4.03. The smallest absolute Gasteiger partial charge is 0.0672 e. The summed E-state index contributed by atoms with van der Waals surface area (Å²) in [6.45, 7) is 2.15. The molecule has 3 atom stereocenters. The van der Waals surface area contributed by atoms with Gasteiger partial charge in [-0.05, 0) is 37.5 Å². The van der Waals surface area contributed by atoms with Crippen LogP contribution in [0.4, 0.5) is 0 Å². The minimum atomic E-state index is 0.174. The summed E-state index contributed by atoms with van der Waals surface area (Å²) in [6.07, 6.45) is 8.22. The summed E-state index contributed by atoms with van der Waals surface area (Å²) in [5.41, 5.74) is 1.24. The van der Waals surface area contributed by atoms with Crippen LogP contribution in [-0.2, 0) is 0 Å². The van der Waals surface area contributed by atoms with Gasteiger partial charge in [0.2, 0.25) is 0 Å². The lowest BCUT2D eigenvalue weighted by Crippen LogP contribution is -2.39. The van der Waals surface area contributed by atoms with Gasteiger partial charge in [0.25, 0.3) is 0 Å². The Morgan fingerprint density at radius 3 is 2.76 bits per heavy atom. The molecule has 0 aromatic carbocycles. The maximum absolute atomic E-state index is 9.14. The van der Waals surface area contributed by atoms with Gasteiger partial charge < -0.3 is 5.32 Å². The van der Waals surface area contributed by atoms with Gasteiger partial charge in [-0.2, -0.15) is 5.26 Å². The molecule has 0 aliphatic heterocycles. The number of nitrogens with one attached hydrogen (secondary N) is 1. The fourth-order valence-electron chi connectivity index (χ4n) is 2.55. The van der Waals surface area contributed by atoms with Crippen molar-refractivity contribution in [3.8, 4) is 6.07 Å². The molecule has 1 aromatic rings. The zero-order valence-corrected chi connectivity index (χ0v) is 10.3. The summed E-state index contributed by atoms with van der Waals surface area (Å²) in [7, 11) is 0. The molecule has 0 spiro atoms. The van der Waals surface area contributed by atoms with Gasteiger partial charge in [0.05, 0.1) is 12.0 Å². The molecule has 3 nitrogen and oxygen atoms in total. The molecule has 0 saturated heterocycles. The van der Waals surface area contributed by atoms with Crippen LogP contribution in [0, 0.1) is 17.2 Å². The van der Waals surface area contributed by atoms with Crippen LogP contribution in [0.3, 0.4) is 0 Å². The van der Waals surface area contributed by atoms with Crippen LogP contribution in [0.25, 0.3) is 0 Å². The summed E-state index contributed by atoms with van der Waals surface area (Å²) >= 11 is 0. The highest BCUT2D eigenvalue weighted by Gasteiger charge is 2.25. The Morgan fingerprint density at radius 1 is 1.35 bits per heavy atom. The fraction of sp³-hybridized carbons (Fsp3) is 0.571. The predicted molar refractivity (Wildman–Crippen MR) is 67.1 cm³/mol. The minimum Gasteiger partial charge on any atom is -0.306 e. The Bertz CT molecular complexity index is 382. The summed E-state index contributed by atoms with van der Waals surface area (Å²) < 4.78 is 0. The molecule has 0 radical (unpaired) electrons. The Hall–Kier alpha value is -1.40. The van der Waals surface area contributed by atoms with E-state index in [0.717, 1.165) is 12.8 Å². The van der Waals surface area contributed by atoms with E-state index in [0.29, 0.717) is 6.04 Å². The fourth-order valence-corrected chi connectivity index (χ4v) is 2.55. The predicted octanol–water partition coefficient (Wildman–Crippen LogP) is 2.81. The molecular weight excluding hydrogens is 210 g/mol. The van der Waals surface area contributed by atoms with Crippen molar-refractivity contribution in [1.82, 2.24) is 10.3 Å². The zero-order chi connectivity index (χ0) is 12.1. The van der Waals surface area contributed by atoms with Crippen LogP contribution >= 0.6 is 0 Å². The second kappa shape index (κ2) is 5.79. The molecule has 1 N–H and O–H groups in total. The van der Waals surface area contributed by atoms with Crippen LogP contribution in [0.2, 0.25) is 0 Å². The average molecular weight is 229 g/mol. The van der Waals surface area contributed by atoms with E-state index >= 15 is 0 Å². The van der Waals surface area contributed by atoms with E-state index in [1.807, 2.05) is 24.5 Å². The summed E-state index contributed by atoms with van der Waals surface area (Å²) in [5.74, 6) is 0.174. The van der Waals surface area contributed by atoms with E-state index in [2.05, 4.69) is 23.3 Å². The molecule has 1 saturated carbocycles. The molecule has 17 heavy (non-hydrogen) atoms. The molecule has 2 unspecified atom stereocenters. The molecule has 0 amide bonds. The zero-order valence-electron chi connectivity index (χ0n) is 10.3. The van der Waals surface area contributed by atoms with Crippen molar-refractivity contribution >= 4 is 0 Å². The normalized spacial score (nSPS) is 26.1. The lowest BCUT2D eigenvalue weighted by Gasteiger charge is -2.30. The largest absolute Gasteiger partial charge is 0.306 e. The van der Waals surface area contributed by atoms with Gasteiger partial charge in [0.15, 0.2) is 0 Å². The number of pyridine rings is 1. The van der Waals surface area contributed by atoms with Gasteiger partial charge >= 0.3 is 0 Å². The second-order valence-electron chi connectivity index (χ2n) is 4.80. The highest BCUT2D eigenvalue weighted by molar-refractivity contribution is 5.14. The third-order valence-electron chi connectivity index (χ3n) is 3.60. The number of hydrogen-bond acceptors (Lipinski definition) is 3. The van der Waals surface area contributed by atoms with Crippen LogP contribution < -0.4 is 5.32 Å². The molecule has 1 aliphatic carbocycles. The standard InChI is InChI=1S/C14H19N3/c1-11(12-6-8-16-9-7-12)17-14-5-3-2-4-13(14)10-15/h6-9,11,13-14,17H,2-5H2,1H3/t11-,13?,14?/m1/s1. The molecule has 3 heteroatoms. The van der Waals surface area contributed by atoms with Crippen molar-refractivity contribution in [3.63, 3.8) is 0 Å². The molecule has 1 fully saturated rings. The monoisotopic (exact) mass is 229 g/mol. The maximum atomic E-state index is 9.14. The SMILES string of the molecule is C[C@@H](NC1CCCCC1C#N)c1ccncc1. The maximum Gasteiger partial charge on any atom is 0.0672 e. The van der Waals surface area contributed by atoms with E-state index in [1.165, 1.54) is 18.4 Å². The third kappa shape index (κ3) is 3.04. The van der Waals surface area contributed by atoms with Gasteiger partial charge in [-0.25, -0.2) is 0 Å². The van der Waals surface area contributed by atoms with Crippen LogP contribution in [-0.4, -0.2) is 11.0 Å². The average Bonchev–Trinajstić information content (AvgIpc) is 2.40. The van der Waals surface area contributed by atoms with Crippen LogP contribution in [0.5, 0.6) is 0 Å². The van der Waals surface area contributed by atoms with Gasteiger partial charge in [-0.3, -0.25) is 4.98 Å². The van der Waals surface area contributed by atoms with E-state index in [-0.39, 0.29) is 12.0 Å². The Labute approximate surface area is 103 Å². The lowest BCUT2D eigenvalue weighted by atomic mass is 9.85.